The summed E-state index contributed by atoms with van der Waals surface area (Å²) in [6, 6.07) is 3.59. The molecule has 0 unspecified atom stereocenters. The number of nitrogens with zero attached hydrogens (tertiary/aromatic N) is 4. The third-order valence-corrected chi connectivity index (χ3v) is 3.04. The molecule has 2 aromatic rings. The summed E-state index contributed by atoms with van der Waals surface area (Å²) in [5.74, 6) is -3.32. The quantitative estimate of drug-likeness (QED) is 0.851. The van der Waals surface area contributed by atoms with Gasteiger partial charge in [0.2, 0.25) is 0 Å². The number of halogens is 2. The van der Waals surface area contributed by atoms with Crippen molar-refractivity contribution in [3.05, 3.63) is 35.0 Å². The molecule has 0 fully saturated rings. The van der Waals surface area contributed by atoms with Crippen LogP contribution in [-0.4, -0.2) is 9.48 Å². The molecular weight excluding hydrogens is 274 g/mol. The Labute approximate surface area is 110 Å². The SMILES string of the molecule is Cc1nsc(N=Nc2cc(F)c(O)c(F)c2)c1C#N. The van der Waals surface area contributed by atoms with E-state index in [-0.39, 0.29) is 16.3 Å². The summed E-state index contributed by atoms with van der Waals surface area (Å²) in [4.78, 5) is 0. The summed E-state index contributed by atoms with van der Waals surface area (Å²) in [5.41, 5.74) is 0.681. The Bertz CT molecular complexity index is 682. The molecule has 0 saturated carbocycles. The molecule has 5 nitrogen and oxygen atoms in total. The molecule has 0 aliphatic carbocycles. The Morgan fingerprint density at radius 3 is 2.53 bits per heavy atom. The number of hydrogen-bond acceptors (Lipinski definition) is 6. The maximum atomic E-state index is 13.1. The Morgan fingerprint density at radius 1 is 1.32 bits per heavy atom. The Kier molecular flexibility index (Phi) is 3.48. The molecule has 96 valence electrons. The minimum Gasteiger partial charge on any atom is -0.503 e. The maximum Gasteiger partial charge on any atom is 0.187 e. The molecule has 1 heterocycles. The predicted molar refractivity (Wildman–Crippen MR) is 63.8 cm³/mol. The van der Waals surface area contributed by atoms with Gasteiger partial charge in [-0.3, -0.25) is 0 Å². The van der Waals surface area contributed by atoms with Gasteiger partial charge in [-0.25, -0.2) is 8.78 Å². The molecule has 0 bridgehead atoms. The standard InChI is InChI=1S/C11H6F2N4OS/c1-5-7(4-14)11(19-17-5)16-15-6-2-8(12)10(18)9(13)3-6/h2-3,18H,1H3. The number of nitriles is 1. The van der Waals surface area contributed by atoms with E-state index in [1.807, 2.05) is 6.07 Å². The van der Waals surface area contributed by atoms with Gasteiger partial charge in [0.05, 0.1) is 11.4 Å². The van der Waals surface area contributed by atoms with E-state index in [0.717, 1.165) is 23.7 Å². The molecule has 1 aromatic heterocycles. The molecule has 1 N–H and O–H groups in total. The highest BCUT2D eigenvalue weighted by atomic mass is 32.1. The van der Waals surface area contributed by atoms with Crippen LogP contribution in [0.15, 0.2) is 22.4 Å². The van der Waals surface area contributed by atoms with Gasteiger partial charge in [0.15, 0.2) is 22.4 Å². The number of benzene rings is 1. The number of azo groups is 1. The van der Waals surface area contributed by atoms with Gasteiger partial charge in [-0.1, -0.05) is 0 Å². The number of aromatic nitrogens is 1. The van der Waals surface area contributed by atoms with E-state index >= 15 is 0 Å². The van der Waals surface area contributed by atoms with Crippen molar-refractivity contribution in [3.63, 3.8) is 0 Å². The van der Waals surface area contributed by atoms with Gasteiger partial charge in [0, 0.05) is 12.1 Å². The molecule has 0 amide bonds. The average molecular weight is 280 g/mol. The maximum absolute atomic E-state index is 13.1. The van der Waals surface area contributed by atoms with Gasteiger partial charge in [-0.15, -0.1) is 10.2 Å². The molecule has 0 aliphatic rings. The minimum atomic E-state index is -1.13. The van der Waals surface area contributed by atoms with Crippen molar-refractivity contribution in [1.82, 2.24) is 4.37 Å². The zero-order valence-electron chi connectivity index (χ0n) is 9.55. The molecule has 0 atom stereocenters. The molecule has 0 saturated heterocycles. The number of phenolic OH excluding ortho intramolecular Hbond substituents is 1. The topological polar surface area (TPSA) is 81.6 Å². The normalized spacial score (nSPS) is 10.8. The molecule has 0 spiro atoms. The first kappa shape index (κ1) is 13.0. The van der Waals surface area contributed by atoms with E-state index in [0.29, 0.717) is 5.69 Å². The van der Waals surface area contributed by atoms with Crippen molar-refractivity contribution in [2.75, 3.05) is 0 Å². The molecule has 2 rings (SSSR count). The van der Waals surface area contributed by atoms with Crippen molar-refractivity contribution < 1.29 is 13.9 Å². The van der Waals surface area contributed by atoms with Gasteiger partial charge in [0.1, 0.15) is 11.6 Å². The van der Waals surface area contributed by atoms with Crippen LogP contribution in [0.1, 0.15) is 11.3 Å². The molecule has 0 radical (unpaired) electrons. The third-order valence-electron chi connectivity index (χ3n) is 2.21. The van der Waals surface area contributed by atoms with Crippen LogP contribution >= 0.6 is 11.5 Å². The lowest BCUT2D eigenvalue weighted by Crippen LogP contribution is -1.81. The fourth-order valence-electron chi connectivity index (χ4n) is 1.27. The highest BCUT2D eigenvalue weighted by molar-refractivity contribution is 7.10. The van der Waals surface area contributed by atoms with Crippen molar-refractivity contribution >= 4 is 22.2 Å². The number of hydrogen-bond donors (Lipinski definition) is 1. The summed E-state index contributed by atoms with van der Waals surface area (Å²) in [6.07, 6.45) is 0. The lowest BCUT2D eigenvalue weighted by molar-refractivity contribution is 0.396. The van der Waals surface area contributed by atoms with Crippen molar-refractivity contribution in [2.24, 2.45) is 10.2 Å². The van der Waals surface area contributed by atoms with E-state index in [1.54, 1.807) is 6.92 Å². The van der Waals surface area contributed by atoms with Crippen LogP contribution in [0, 0.1) is 29.9 Å². The van der Waals surface area contributed by atoms with Crippen molar-refractivity contribution in [3.8, 4) is 11.8 Å². The highest BCUT2D eigenvalue weighted by Gasteiger charge is 2.11. The summed E-state index contributed by atoms with van der Waals surface area (Å²) < 4.78 is 30.0. The smallest absolute Gasteiger partial charge is 0.187 e. The van der Waals surface area contributed by atoms with Crippen LogP contribution in [0.3, 0.4) is 0 Å². The first-order chi connectivity index (χ1) is 9.02. The fourth-order valence-corrected chi connectivity index (χ4v) is 1.94. The van der Waals surface area contributed by atoms with Crippen LogP contribution < -0.4 is 0 Å². The minimum absolute atomic E-state index is 0.109. The second-order valence-corrected chi connectivity index (χ2v) is 4.27. The van der Waals surface area contributed by atoms with Crippen LogP contribution in [0.2, 0.25) is 0 Å². The molecule has 19 heavy (non-hydrogen) atoms. The van der Waals surface area contributed by atoms with Crippen LogP contribution in [0.25, 0.3) is 0 Å². The first-order valence-corrected chi connectivity index (χ1v) is 5.76. The summed E-state index contributed by atoms with van der Waals surface area (Å²) in [5, 5.41) is 25.4. The van der Waals surface area contributed by atoms with E-state index in [9.17, 15) is 8.78 Å². The summed E-state index contributed by atoms with van der Waals surface area (Å²) >= 11 is 0.962. The van der Waals surface area contributed by atoms with E-state index in [1.165, 1.54) is 0 Å². The van der Waals surface area contributed by atoms with Gasteiger partial charge >= 0.3 is 0 Å². The van der Waals surface area contributed by atoms with E-state index in [2.05, 4.69) is 14.6 Å². The second kappa shape index (κ2) is 5.07. The van der Waals surface area contributed by atoms with Crippen molar-refractivity contribution in [2.45, 2.75) is 6.92 Å². The number of aromatic hydroxyl groups is 1. The predicted octanol–water partition coefficient (Wildman–Crippen LogP) is 3.72. The second-order valence-electron chi connectivity index (χ2n) is 3.52. The van der Waals surface area contributed by atoms with E-state index < -0.39 is 17.4 Å². The summed E-state index contributed by atoms with van der Waals surface area (Å²) in [6.45, 7) is 1.65. The van der Waals surface area contributed by atoms with Crippen LogP contribution in [0.5, 0.6) is 5.75 Å². The molecular formula is C11H6F2N4OS. The number of aryl methyl sites for hydroxylation is 1. The largest absolute Gasteiger partial charge is 0.503 e. The van der Waals surface area contributed by atoms with Crippen molar-refractivity contribution in [1.29, 1.82) is 5.26 Å². The molecule has 0 aliphatic heterocycles. The first-order valence-electron chi connectivity index (χ1n) is 4.99. The van der Waals surface area contributed by atoms with Gasteiger partial charge in [-0.05, 0) is 18.5 Å². The van der Waals surface area contributed by atoms with Gasteiger partial charge in [0.25, 0.3) is 0 Å². The average Bonchev–Trinajstić information content (AvgIpc) is 2.73. The lowest BCUT2D eigenvalue weighted by atomic mass is 10.3. The zero-order chi connectivity index (χ0) is 14.0. The highest BCUT2D eigenvalue weighted by Crippen LogP contribution is 2.30. The third kappa shape index (κ3) is 2.56. The fraction of sp³-hybridized carbons (Fsp3) is 0.0909. The Hall–Kier alpha value is -2.40. The monoisotopic (exact) mass is 280 g/mol. The molecule has 1 aromatic carbocycles. The van der Waals surface area contributed by atoms with E-state index in [4.69, 9.17) is 10.4 Å². The number of rotatable bonds is 2. The molecule has 8 heteroatoms. The van der Waals surface area contributed by atoms with Crippen LogP contribution in [0.4, 0.5) is 19.5 Å². The Morgan fingerprint density at radius 2 is 1.95 bits per heavy atom. The Balaban J connectivity index is 2.36. The van der Waals surface area contributed by atoms with Gasteiger partial charge in [-0.2, -0.15) is 9.64 Å². The lowest BCUT2D eigenvalue weighted by Gasteiger charge is -1.98. The number of phenols is 1. The zero-order valence-corrected chi connectivity index (χ0v) is 10.4. The van der Waals surface area contributed by atoms with Gasteiger partial charge < -0.3 is 5.11 Å². The summed E-state index contributed by atoms with van der Waals surface area (Å²) in [7, 11) is 0. The van der Waals surface area contributed by atoms with Crippen LogP contribution in [-0.2, 0) is 0 Å².